The topological polar surface area (TPSA) is 57.9 Å². The zero-order valence-electron chi connectivity index (χ0n) is 9.39. The van der Waals surface area contributed by atoms with Crippen molar-refractivity contribution in [3.8, 4) is 6.07 Å². The van der Waals surface area contributed by atoms with E-state index in [1.54, 1.807) is 0 Å². The third-order valence-corrected chi connectivity index (χ3v) is 2.47. The van der Waals surface area contributed by atoms with Gasteiger partial charge in [-0.3, -0.25) is 9.59 Å². The lowest BCUT2D eigenvalue weighted by Crippen LogP contribution is -2.44. The second-order valence-electron chi connectivity index (χ2n) is 4.77. The SMILES string of the molecule is CC(C)(C)c1c(CCCC#N)c(=O)c1=O. The van der Waals surface area contributed by atoms with Crippen LogP contribution in [0.25, 0.3) is 0 Å². The van der Waals surface area contributed by atoms with Gasteiger partial charge in [0.1, 0.15) is 0 Å². The average molecular weight is 205 g/mol. The molecule has 0 aromatic heterocycles. The van der Waals surface area contributed by atoms with E-state index in [2.05, 4.69) is 0 Å². The van der Waals surface area contributed by atoms with E-state index in [1.807, 2.05) is 26.8 Å². The summed E-state index contributed by atoms with van der Waals surface area (Å²) in [5, 5.41) is 8.40. The second kappa shape index (κ2) is 3.98. The molecule has 1 rings (SSSR count). The Morgan fingerprint density at radius 1 is 1.20 bits per heavy atom. The molecule has 0 saturated heterocycles. The Kier molecular flexibility index (Phi) is 3.09. The Balaban J connectivity index is 2.92. The average Bonchev–Trinajstić information content (AvgIpc) is 2.13. The van der Waals surface area contributed by atoms with Crippen LogP contribution in [0.15, 0.2) is 9.59 Å². The zero-order chi connectivity index (χ0) is 11.6. The molecule has 0 fully saturated rings. The molecule has 0 radical (unpaired) electrons. The summed E-state index contributed by atoms with van der Waals surface area (Å²) >= 11 is 0. The van der Waals surface area contributed by atoms with E-state index in [9.17, 15) is 9.59 Å². The summed E-state index contributed by atoms with van der Waals surface area (Å²) in [7, 11) is 0. The van der Waals surface area contributed by atoms with E-state index >= 15 is 0 Å². The maximum Gasteiger partial charge on any atom is 0.230 e. The number of hydrogen-bond donors (Lipinski definition) is 0. The van der Waals surface area contributed by atoms with Crippen molar-refractivity contribution in [1.29, 1.82) is 5.26 Å². The maximum absolute atomic E-state index is 11.4. The van der Waals surface area contributed by atoms with E-state index in [1.165, 1.54) is 0 Å². The molecule has 3 nitrogen and oxygen atoms in total. The lowest BCUT2D eigenvalue weighted by atomic mass is 9.78. The van der Waals surface area contributed by atoms with Crippen molar-refractivity contribution in [3.63, 3.8) is 0 Å². The molecule has 0 aliphatic carbocycles. The van der Waals surface area contributed by atoms with Crippen LogP contribution in [0.3, 0.4) is 0 Å². The van der Waals surface area contributed by atoms with E-state index in [-0.39, 0.29) is 16.3 Å². The Bertz CT molecular complexity index is 465. The molecule has 0 unspecified atom stereocenters. The maximum atomic E-state index is 11.4. The minimum absolute atomic E-state index is 0.257. The summed E-state index contributed by atoms with van der Waals surface area (Å²) in [5.41, 5.74) is 0.355. The van der Waals surface area contributed by atoms with Gasteiger partial charge in [0.2, 0.25) is 10.9 Å². The molecule has 3 heteroatoms. The van der Waals surface area contributed by atoms with Crippen LogP contribution in [-0.4, -0.2) is 0 Å². The van der Waals surface area contributed by atoms with Gasteiger partial charge in [-0.15, -0.1) is 0 Å². The zero-order valence-corrected chi connectivity index (χ0v) is 9.39. The largest absolute Gasteiger partial charge is 0.285 e. The number of unbranched alkanes of at least 4 members (excludes halogenated alkanes) is 1. The number of nitrogens with zero attached hydrogens (tertiary/aromatic N) is 1. The quantitative estimate of drug-likeness (QED) is 0.554. The molecule has 80 valence electrons. The van der Waals surface area contributed by atoms with Gasteiger partial charge in [-0.1, -0.05) is 20.8 Å². The Labute approximate surface area is 89.0 Å². The van der Waals surface area contributed by atoms with Crippen LogP contribution in [0.5, 0.6) is 0 Å². The lowest BCUT2D eigenvalue weighted by molar-refractivity contribution is 0.565. The third-order valence-electron chi connectivity index (χ3n) is 2.47. The smallest absolute Gasteiger partial charge is 0.230 e. The fourth-order valence-corrected chi connectivity index (χ4v) is 1.81. The summed E-state index contributed by atoms with van der Waals surface area (Å²) in [6.45, 7) is 5.78. The van der Waals surface area contributed by atoms with E-state index in [4.69, 9.17) is 5.26 Å². The Morgan fingerprint density at radius 2 is 1.80 bits per heavy atom. The molecule has 0 N–H and O–H groups in total. The summed E-state index contributed by atoms with van der Waals surface area (Å²) in [6, 6.07) is 2.03. The molecule has 1 aromatic rings. The summed E-state index contributed by atoms with van der Waals surface area (Å²) in [4.78, 5) is 22.7. The van der Waals surface area contributed by atoms with Gasteiger partial charge < -0.3 is 0 Å². The molecule has 0 amide bonds. The van der Waals surface area contributed by atoms with Crippen LogP contribution >= 0.6 is 0 Å². The lowest BCUT2D eigenvalue weighted by Gasteiger charge is -2.23. The molecule has 0 bridgehead atoms. The fraction of sp³-hybridized carbons (Fsp3) is 0.583. The normalized spacial score (nSPS) is 11.6. The number of hydrogen-bond acceptors (Lipinski definition) is 3. The Hall–Kier alpha value is -1.43. The highest BCUT2D eigenvalue weighted by molar-refractivity contribution is 5.38. The monoisotopic (exact) mass is 205 g/mol. The molecule has 1 aromatic carbocycles. The Morgan fingerprint density at radius 3 is 2.27 bits per heavy atom. The van der Waals surface area contributed by atoms with Crippen LogP contribution < -0.4 is 10.9 Å². The highest BCUT2D eigenvalue weighted by Gasteiger charge is 2.29. The molecule has 0 spiro atoms. The van der Waals surface area contributed by atoms with E-state index < -0.39 is 0 Å². The van der Waals surface area contributed by atoms with Gasteiger partial charge in [-0.25, -0.2) is 0 Å². The highest BCUT2D eigenvalue weighted by atomic mass is 16.2. The van der Waals surface area contributed by atoms with Crippen molar-refractivity contribution >= 4 is 0 Å². The van der Waals surface area contributed by atoms with Crippen LogP contribution in [0.4, 0.5) is 0 Å². The second-order valence-corrected chi connectivity index (χ2v) is 4.77. The van der Waals surface area contributed by atoms with Gasteiger partial charge in [0.25, 0.3) is 0 Å². The van der Waals surface area contributed by atoms with Gasteiger partial charge in [0.15, 0.2) is 0 Å². The minimum atomic E-state index is -0.349. The van der Waals surface area contributed by atoms with Gasteiger partial charge in [0.05, 0.1) is 6.07 Å². The highest BCUT2D eigenvalue weighted by Crippen LogP contribution is 2.23. The first-order valence-electron chi connectivity index (χ1n) is 5.09. The predicted molar refractivity (Wildman–Crippen MR) is 58.6 cm³/mol. The van der Waals surface area contributed by atoms with Crippen LogP contribution in [0.2, 0.25) is 0 Å². The van der Waals surface area contributed by atoms with Gasteiger partial charge in [-0.05, 0) is 18.3 Å². The van der Waals surface area contributed by atoms with Crippen LogP contribution in [-0.2, 0) is 11.8 Å². The third kappa shape index (κ3) is 2.15. The van der Waals surface area contributed by atoms with E-state index in [0.29, 0.717) is 30.4 Å². The van der Waals surface area contributed by atoms with Crippen molar-refractivity contribution in [2.24, 2.45) is 0 Å². The van der Waals surface area contributed by atoms with E-state index in [0.717, 1.165) is 0 Å². The van der Waals surface area contributed by atoms with Gasteiger partial charge in [0, 0.05) is 17.5 Å². The van der Waals surface area contributed by atoms with Crippen molar-refractivity contribution in [2.75, 3.05) is 0 Å². The van der Waals surface area contributed by atoms with Crippen molar-refractivity contribution in [3.05, 3.63) is 31.6 Å². The molecule has 0 heterocycles. The number of rotatable bonds is 3. The molecule has 15 heavy (non-hydrogen) atoms. The summed E-state index contributed by atoms with van der Waals surface area (Å²) in [6.07, 6.45) is 1.65. The molecule has 0 aliphatic rings. The van der Waals surface area contributed by atoms with Crippen molar-refractivity contribution < 1.29 is 0 Å². The summed E-state index contributed by atoms with van der Waals surface area (Å²) in [5.74, 6) is 0. The standard InChI is InChI=1S/C12H15NO2/c1-12(2,3)9-8(6-4-5-7-13)10(14)11(9)15/h4-6H2,1-3H3. The molecule has 0 atom stereocenters. The first kappa shape index (κ1) is 11.6. The summed E-state index contributed by atoms with van der Waals surface area (Å²) < 4.78 is 0. The molecular formula is C12H15NO2. The first-order valence-corrected chi connectivity index (χ1v) is 5.09. The van der Waals surface area contributed by atoms with Crippen molar-refractivity contribution in [2.45, 2.75) is 45.4 Å². The fourth-order valence-electron chi connectivity index (χ4n) is 1.81. The minimum Gasteiger partial charge on any atom is -0.285 e. The predicted octanol–water partition coefficient (Wildman–Crippen LogP) is 1.43. The molecular weight excluding hydrogens is 190 g/mol. The molecule has 0 saturated carbocycles. The first-order chi connectivity index (χ1) is 6.89. The van der Waals surface area contributed by atoms with Crippen LogP contribution in [0, 0.1) is 11.3 Å². The number of nitriles is 1. The van der Waals surface area contributed by atoms with Gasteiger partial charge >= 0.3 is 0 Å². The van der Waals surface area contributed by atoms with Gasteiger partial charge in [-0.2, -0.15) is 5.26 Å². The van der Waals surface area contributed by atoms with Crippen molar-refractivity contribution in [1.82, 2.24) is 0 Å². The van der Waals surface area contributed by atoms with Crippen LogP contribution in [0.1, 0.15) is 44.7 Å². The molecule has 0 aliphatic heterocycles.